The molecule has 1 fully saturated rings. The van der Waals surface area contributed by atoms with Crippen LogP contribution in [0.25, 0.3) is 21.5 Å². The molecule has 34 heavy (non-hydrogen) atoms. The summed E-state index contributed by atoms with van der Waals surface area (Å²) >= 11 is 0. The van der Waals surface area contributed by atoms with E-state index in [-0.39, 0.29) is 0 Å². The van der Waals surface area contributed by atoms with Gasteiger partial charge in [0.1, 0.15) is 6.61 Å². The zero-order chi connectivity index (χ0) is 23.1. The van der Waals surface area contributed by atoms with Crippen molar-refractivity contribution in [3.8, 4) is 0 Å². The zero-order valence-corrected chi connectivity index (χ0v) is 20.9. The van der Waals surface area contributed by atoms with Crippen LogP contribution in [0.2, 0.25) is 0 Å². The van der Waals surface area contributed by atoms with E-state index in [0.29, 0.717) is 23.5 Å². The van der Waals surface area contributed by atoms with E-state index in [9.17, 15) is 0 Å². The van der Waals surface area contributed by atoms with E-state index in [0.717, 1.165) is 12.5 Å². The van der Waals surface area contributed by atoms with Crippen molar-refractivity contribution in [1.29, 1.82) is 0 Å². The number of benzene rings is 4. The number of nitrogens with zero attached hydrogens (tertiary/aromatic N) is 1. The first-order chi connectivity index (χ1) is 16.7. The van der Waals surface area contributed by atoms with Gasteiger partial charge in [-0.05, 0) is 64.5 Å². The fraction of sp³-hybridized carbons (Fsp3) is 0.323. The molecule has 0 N–H and O–H groups in total. The second-order valence-electron chi connectivity index (χ2n) is 10.1. The lowest BCUT2D eigenvalue weighted by atomic mass is 10.1. The van der Waals surface area contributed by atoms with Gasteiger partial charge in [-0.15, -0.1) is 0 Å². The molecule has 2 aliphatic rings. The zero-order valence-electron chi connectivity index (χ0n) is 20.0. The normalized spacial score (nSPS) is 22.6. The van der Waals surface area contributed by atoms with Gasteiger partial charge in [-0.3, -0.25) is 0 Å². The van der Waals surface area contributed by atoms with Gasteiger partial charge in [0.05, 0.1) is 6.04 Å². The highest BCUT2D eigenvalue weighted by Gasteiger charge is 2.41. The third-order valence-electron chi connectivity index (χ3n) is 7.65. The molecule has 3 heteroatoms. The van der Waals surface area contributed by atoms with Crippen LogP contribution in [0.4, 0.5) is 0 Å². The van der Waals surface area contributed by atoms with Gasteiger partial charge in [-0.25, -0.2) is 4.99 Å². The van der Waals surface area contributed by atoms with Gasteiger partial charge in [-0.2, -0.15) is 0 Å². The molecule has 6 rings (SSSR count). The van der Waals surface area contributed by atoms with Gasteiger partial charge in [0.25, 0.3) is 0 Å². The largest absolute Gasteiger partial charge is 0.478 e. The smallest absolute Gasteiger partial charge is 0.187 e. The van der Waals surface area contributed by atoms with Gasteiger partial charge < -0.3 is 4.74 Å². The van der Waals surface area contributed by atoms with Gasteiger partial charge in [0.2, 0.25) is 0 Å². The number of aliphatic imine (C=N–C) groups is 1. The minimum Gasteiger partial charge on any atom is -0.478 e. The number of hydrogen-bond donors (Lipinski definition) is 0. The number of fused-ring (bicyclic) bond motifs is 2. The first-order valence-corrected chi connectivity index (χ1v) is 14.1. The standard InChI is InChI=1S/C31H32NOP/c1-21(2)27-20-33-31(32-27)26-16-9-19-30(26)34(28-17-7-12-22-10-3-5-14-24(22)28)29-18-8-13-23-11-4-6-15-25(23)29/h3-8,10-15,17-18,21,26-27,30H,9,16,19-20H2,1-2H3/t26?,27-,30?/m1/s1. The highest BCUT2D eigenvalue weighted by Crippen LogP contribution is 2.53. The maximum atomic E-state index is 6.30. The van der Waals surface area contributed by atoms with Crippen LogP contribution < -0.4 is 10.6 Å². The average molecular weight is 466 g/mol. The SMILES string of the molecule is CC(C)[C@H]1COC(C2CCCC2P(c2cccc3ccccc23)c2cccc3ccccc23)=N1. The predicted octanol–water partition coefficient (Wildman–Crippen LogP) is 7.05. The lowest BCUT2D eigenvalue weighted by Crippen LogP contribution is -2.30. The first-order valence-electron chi connectivity index (χ1n) is 12.7. The molecule has 2 unspecified atom stereocenters. The van der Waals surface area contributed by atoms with E-state index < -0.39 is 7.92 Å². The maximum Gasteiger partial charge on any atom is 0.187 e. The van der Waals surface area contributed by atoms with Crippen LogP contribution in [0.15, 0.2) is 89.9 Å². The van der Waals surface area contributed by atoms with E-state index >= 15 is 0 Å². The van der Waals surface area contributed by atoms with Crippen molar-refractivity contribution >= 4 is 46.0 Å². The Hall–Kier alpha value is -2.70. The minimum atomic E-state index is -0.597. The van der Waals surface area contributed by atoms with Crippen LogP contribution >= 0.6 is 7.92 Å². The Labute approximate surface area is 203 Å². The molecule has 1 aliphatic heterocycles. The van der Waals surface area contributed by atoms with E-state index in [2.05, 4.69) is 98.8 Å². The van der Waals surface area contributed by atoms with Crippen LogP contribution in [0.1, 0.15) is 33.1 Å². The quantitative estimate of drug-likeness (QED) is 0.290. The molecule has 3 atom stereocenters. The van der Waals surface area contributed by atoms with E-state index in [1.807, 2.05) is 0 Å². The number of ether oxygens (including phenoxy) is 1. The Balaban J connectivity index is 1.54. The molecule has 1 heterocycles. The van der Waals surface area contributed by atoms with Crippen LogP contribution in [0.3, 0.4) is 0 Å². The molecule has 0 amide bonds. The van der Waals surface area contributed by atoms with Crippen LogP contribution in [-0.4, -0.2) is 24.2 Å². The lowest BCUT2D eigenvalue weighted by Gasteiger charge is -2.31. The molecule has 1 aliphatic carbocycles. The minimum absolute atomic E-state index is 0.303. The molecule has 2 nitrogen and oxygen atoms in total. The fourth-order valence-electron chi connectivity index (χ4n) is 5.81. The molecular weight excluding hydrogens is 433 g/mol. The first kappa shape index (κ1) is 21.8. The van der Waals surface area contributed by atoms with E-state index in [4.69, 9.17) is 9.73 Å². The molecule has 0 bridgehead atoms. The van der Waals surface area contributed by atoms with Crippen molar-refractivity contribution in [2.24, 2.45) is 16.8 Å². The molecule has 0 radical (unpaired) electrons. The summed E-state index contributed by atoms with van der Waals surface area (Å²) in [4.78, 5) is 5.12. The lowest BCUT2D eigenvalue weighted by molar-refractivity contribution is 0.277. The average Bonchev–Trinajstić information content (AvgIpc) is 3.55. The monoisotopic (exact) mass is 465 g/mol. The Kier molecular flexibility index (Phi) is 5.87. The number of rotatable bonds is 5. The Morgan fingerprint density at radius 2 is 1.35 bits per heavy atom. The summed E-state index contributed by atoms with van der Waals surface area (Å²) in [6, 6.07) is 31.9. The Bertz CT molecular complexity index is 1270. The molecular formula is C31H32NOP. The van der Waals surface area contributed by atoms with Gasteiger partial charge in [-0.1, -0.05) is 105 Å². The van der Waals surface area contributed by atoms with Crippen LogP contribution in [0, 0.1) is 11.8 Å². The van der Waals surface area contributed by atoms with Gasteiger partial charge >= 0.3 is 0 Å². The van der Waals surface area contributed by atoms with E-state index in [1.165, 1.54) is 51.4 Å². The predicted molar refractivity (Wildman–Crippen MR) is 147 cm³/mol. The number of hydrogen-bond acceptors (Lipinski definition) is 2. The second-order valence-corrected chi connectivity index (χ2v) is 12.4. The Morgan fingerprint density at radius 3 is 1.94 bits per heavy atom. The molecule has 0 aromatic heterocycles. The summed E-state index contributed by atoms with van der Waals surface area (Å²) in [7, 11) is -0.597. The summed E-state index contributed by atoms with van der Waals surface area (Å²) in [6.45, 7) is 5.26. The molecule has 0 saturated heterocycles. The van der Waals surface area contributed by atoms with E-state index in [1.54, 1.807) is 0 Å². The Morgan fingerprint density at radius 1 is 0.765 bits per heavy atom. The van der Waals surface area contributed by atoms with Gasteiger partial charge in [0.15, 0.2) is 5.90 Å². The van der Waals surface area contributed by atoms with Crippen molar-refractivity contribution in [2.45, 2.75) is 44.8 Å². The van der Waals surface area contributed by atoms with Crippen molar-refractivity contribution in [1.82, 2.24) is 0 Å². The molecule has 4 aromatic rings. The topological polar surface area (TPSA) is 21.6 Å². The second kappa shape index (κ2) is 9.16. The highest BCUT2D eigenvalue weighted by atomic mass is 31.1. The van der Waals surface area contributed by atoms with Crippen LogP contribution in [0.5, 0.6) is 0 Å². The summed E-state index contributed by atoms with van der Waals surface area (Å²) in [6.07, 6.45) is 3.67. The molecule has 0 spiro atoms. The third-order valence-corrected chi connectivity index (χ3v) is 10.7. The molecule has 172 valence electrons. The van der Waals surface area contributed by atoms with Crippen molar-refractivity contribution in [2.75, 3.05) is 6.61 Å². The summed E-state index contributed by atoms with van der Waals surface area (Å²) < 4.78 is 6.30. The summed E-state index contributed by atoms with van der Waals surface area (Å²) in [5, 5.41) is 8.45. The molecule has 4 aromatic carbocycles. The third kappa shape index (κ3) is 3.83. The van der Waals surface area contributed by atoms with Gasteiger partial charge in [0, 0.05) is 5.92 Å². The highest BCUT2D eigenvalue weighted by molar-refractivity contribution is 7.74. The van der Waals surface area contributed by atoms with Crippen LogP contribution in [-0.2, 0) is 4.74 Å². The van der Waals surface area contributed by atoms with Crippen molar-refractivity contribution in [3.05, 3.63) is 84.9 Å². The fourth-order valence-corrected chi connectivity index (χ4v) is 9.29. The van der Waals surface area contributed by atoms with Crippen molar-refractivity contribution < 1.29 is 4.74 Å². The molecule has 1 saturated carbocycles. The van der Waals surface area contributed by atoms with Crippen molar-refractivity contribution in [3.63, 3.8) is 0 Å². The maximum absolute atomic E-state index is 6.30. The summed E-state index contributed by atoms with van der Waals surface area (Å²) in [5.74, 6) is 1.97. The summed E-state index contributed by atoms with van der Waals surface area (Å²) in [5.41, 5.74) is 0.538.